The number of hydrogen-bond donors (Lipinski definition) is 1. The molecule has 3 rings (SSSR count). The Morgan fingerprint density at radius 2 is 1.60 bits per heavy atom. The minimum Gasteiger partial charge on any atom is -0.383 e. The molecule has 0 radical (unpaired) electrons. The molecule has 2 aromatic heterocycles. The summed E-state index contributed by atoms with van der Waals surface area (Å²) >= 11 is 0. The molecule has 0 amide bonds. The molecule has 0 bridgehead atoms. The molecule has 20 heavy (non-hydrogen) atoms. The van der Waals surface area contributed by atoms with E-state index in [-0.39, 0.29) is 0 Å². The zero-order valence-electron chi connectivity index (χ0n) is 12.2. The van der Waals surface area contributed by atoms with Crippen molar-refractivity contribution in [2.24, 2.45) is 0 Å². The Hall–Kier alpha value is -2.36. The van der Waals surface area contributed by atoms with Crippen LogP contribution in [0.4, 0.5) is 5.82 Å². The van der Waals surface area contributed by atoms with E-state index in [1.807, 2.05) is 6.92 Å². The number of aromatic nitrogens is 3. The van der Waals surface area contributed by atoms with Crippen molar-refractivity contribution in [2.75, 3.05) is 5.73 Å². The lowest BCUT2D eigenvalue weighted by Gasteiger charge is -2.08. The molecule has 0 aliphatic rings. The zero-order chi connectivity index (χ0) is 14.4. The van der Waals surface area contributed by atoms with Gasteiger partial charge in [0.05, 0.1) is 5.39 Å². The summed E-state index contributed by atoms with van der Waals surface area (Å²) in [5.74, 6) is 1.25. The van der Waals surface area contributed by atoms with E-state index in [0.717, 1.165) is 28.0 Å². The molecule has 0 fully saturated rings. The number of anilines is 1. The second kappa shape index (κ2) is 4.34. The Morgan fingerprint density at radius 1 is 0.950 bits per heavy atom. The topological polar surface area (TPSA) is 56.7 Å². The van der Waals surface area contributed by atoms with Crippen molar-refractivity contribution in [3.63, 3.8) is 0 Å². The number of rotatable bonds is 1. The minimum atomic E-state index is 0.555. The summed E-state index contributed by atoms with van der Waals surface area (Å²) in [7, 11) is 0. The van der Waals surface area contributed by atoms with Crippen LogP contribution in [0.5, 0.6) is 0 Å². The molecule has 2 N–H and O–H groups in total. The summed E-state index contributed by atoms with van der Waals surface area (Å²) in [6.45, 7) is 8.11. The smallest absolute Gasteiger partial charge is 0.150 e. The van der Waals surface area contributed by atoms with Gasteiger partial charge in [0.2, 0.25) is 0 Å². The molecule has 0 aliphatic carbocycles. The number of benzene rings is 1. The highest BCUT2D eigenvalue weighted by Gasteiger charge is 2.17. The van der Waals surface area contributed by atoms with Gasteiger partial charge in [-0.3, -0.25) is 4.57 Å². The lowest BCUT2D eigenvalue weighted by atomic mass is 10.2. The van der Waals surface area contributed by atoms with Gasteiger partial charge >= 0.3 is 0 Å². The third-order valence-electron chi connectivity index (χ3n) is 3.79. The van der Waals surface area contributed by atoms with Crippen molar-refractivity contribution in [1.29, 1.82) is 0 Å². The molecule has 0 spiro atoms. The van der Waals surface area contributed by atoms with Gasteiger partial charge in [0.1, 0.15) is 11.6 Å². The molecule has 4 heteroatoms. The van der Waals surface area contributed by atoms with E-state index in [1.54, 1.807) is 0 Å². The molecule has 0 saturated heterocycles. The molecule has 0 atom stereocenters. The van der Waals surface area contributed by atoms with Gasteiger partial charge in [-0.25, -0.2) is 9.97 Å². The number of aryl methyl sites for hydroxylation is 3. The Balaban J connectivity index is 2.41. The van der Waals surface area contributed by atoms with E-state index in [0.29, 0.717) is 11.6 Å². The summed E-state index contributed by atoms with van der Waals surface area (Å²) in [6, 6.07) is 8.42. The Morgan fingerprint density at radius 3 is 2.25 bits per heavy atom. The summed E-state index contributed by atoms with van der Waals surface area (Å²) in [6.07, 6.45) is 0. The summed E-state index contributed by atoms with van der Waals surface area (Å²) in [5, 5.41) is 0.952. The van der Waals surface area contributed by atoms with Crippen LogP contribution in [0.3, 0.4) is 0 Å². The Kier molecular flexibility index (Phi) is 2.74. The van der Waals surface area contributed by atoms with E-state index in [9.17, 15) is 0 Å². The molecule has 102 valence electrons. The van der Waals surface area contributed by atoms with Crippen LogP contribution in [0.15, 0.2) is 24.3 Å². The standard InChI is InChI=1S/C16H18N4/c1-9-5-7-13(8-6-9)20-11(3)10(2)14-15(17)18-12(4)19-16(14)20/h5-8H,1-4H3,(H2,17,18,19). The first-order valence-electron chi connectivity index (χ1n) is 6.68. The van der Waals surface area contributed by atoms with Gasteiger partial charge in [0.25, 0.3) is 0 Å². The third kappa shape index (κ3) is 1.76. The molecule has 4 nitrogen and oxygen atoms in total. The SMILES string of the molecule is Cc1ccc(-n2c(C)c(C)c3c(N)nc(C)nc32)cc1. The zero-order valence-corrected chi connectivity index (χ0v) is 12.2. The fourth-order valence-electron chi connectivity index (χ4n) is 2.62. The molecule has 2 heterocycles. The highest BCUT2D eigenvalue weighted by molar-refractivity contribution is 5.92. The molecule has 0 unspecified atom stereocenters. The number of nitrogens with two attached hydrogens (primary N) is 1. The van der Waals surface area contributed by atoms with Crippen LogP contribution in [0.25, 0.3) is 16.7 Å². The van der Waals surface area contributed by atoms with E-state index >= 15 is 0 Å². The van der Waals surface area contributed by atoms with Gasteiger partial charge in [0.15, 0.2) is 5.65 Å². The Bertz CT molecular complexity index is 798. The van der Waals surface area contributed by atoms with Gasteiger partial charge < -0.3 is 5.73 Å². The number of fused-ring (bicyclic) bond motifs is 1. The summed E-state index contributed by atoms with van der Waals surface area (Å²) < 4.78 is 2.15. The van der Waals surface area contributed by atoms with Crippen molar-refractivity contribution < 1.29 is 0 Å². The maximum absolute atomic E-state index is 6.08. The average Bonchev–Trinajstić information content (AvgIpc) is 2.63. The van der Waals surface area contributed by atoms with Crippen LogP contribution < -0.4 is 5.73 Å². The van der Waals surface area contributed by atoms with Crippen LogP contribution in [-0.2, 0) is 0 Å². The first-order valence-corrected chi connectivity index (χ1v) is 6.68. The first kappa shape index (κ1) is 12.7. The van der Waals surface area contributed by atoms with Crippen LogP contribution in [0, 0.1) is 27.7 Å². The van der Waals surface area contributed by atoms with Crippen molar-refractivity contribution in [3.8, 4) is 5.69 Å². The molecular weight excluding hydrogens is 248 g/mol. The van der Waals surface area contributed by atoms with Gasteiger partial charge in [-0.2, -0.15) is 0 Å². The molecule has 1 aromatic carbocycles. The first-order chi connectivity index (χ1) is 9.49. The van der Waals surface area contributed by atoms with Gasteiger partial charge in [0, 0.05) is 11.4 Å². The fraction of sp³-hybridized carbons (Fsp3) is 0.250. The van der Waals surface area contributed by atoms with Crippen LogP contribution in [0.1, 0.15) is 22.6 Å². The maximum atomic E-state index is 6.08. The maximum Gasteiger partial charge on any atom is 0.150 e. The fourth-order valence-corrected chi connectivity index (χ4v) is 2.62. The van der Waals surface area contributed by atoms with Gasteiger partial charge in [-0.05, 0) is 45.4 Å². The average molecular weight is 266 g/mol. The largest absolute Gasteiger partial charge is 0.383 e. The molecule has 3 aromatic rings. The summed E-state index contributed by atoms with van der Waals surface area (Å²) in [4.78, 5) is 8.87. The number of nitrogen functional groups attached to an aromatic ring is 1. The van der Waals surface area contributed by atoms with E-state index in [1.165, 1.54) is 5.56 Å². The van der Waals surface area contributed by atoms with E-state index in [4.69, 9.17) is 5.73 Å². The Labute approximate surface area is 118 Å². The monoisotopic (exact) mass is 266 g/mol. The second-order valence-electron chi connectivity index (χ2n) is 5.24. The van der Waals surface area contributed by atoms with Crippen LogP contribution in [0.2, 0.25) is 0 Å². The van der Waals surface area contributed by atoms with Gasteiger partial charge in [-0.1, -0.05) is 17.7 Å². The van der Waals surface area contributed by atoms with Crippen molar-refractivity contribution >= 4 is 16.9 Å². The lowest BCUT2D eigenvalue weighted by Crippen LogP contribution is -2.01. The van der Waals surface area contributed by atoms with Gasteiger partial charge in [-0.15, -0.1) is 0 Å². The summed E-state index contributed by atoms with van der Waals surface area (Å²) in [5.41, 5.74) is 11.6. The highest BCUT2D eigenvalue weighted by Crippen LogP contribution is 2.30. The predicted molar refractivity (Wildman–Crippen MR) is 82.2 cm³/mol. The van der Waals surface area contributed by atoms with Crippen molar-refractivity contribution in [1.82, 2.24) is 14.5 Å². The predicted octanol–water partition coefficient (Wildman–Crippen LogP) is 3.24. The van der Waals surface area contributed by atoms with Crippen LogP contribution in [-0.4, -0.2) is 14.5 Å². The molecule has 0 aliphatic heterocycles. The van der Waals surface area contributed by atoms with Crippen LogP contribution >= 0.6 is 0 Å². The minimum absolute atomic E-state index is 0.555. The number of hydrogen-bond acceptors (Lipinski definition) is 3. The van der Waals surface area contributed by atoms with E-state index in [2.05, 4.69) is 59.6 Å². The van der Waals surface area contributed by atoms with Crippen molar-refractivity contribution in [3.05, 3.63) is 46.9 Å². The molecular formula is C16H18N4. The highest BCUT2D eigenvalue weighted by atomic mass is 15.1. The quantitative estimate of drug-likeness (QED) is 0.735. The lowest BCUT2D eigenvalue weighted by molar-refractivity contribution is 0.995. The second-order valence-corrected chi connectivity index (χ2v) is 5.24. The number of nitrogens with zero attached hydrogens (tertiary/aromatic N) is 3. The normalized spacial score (nSPS) is 11.2. The third-order valence-corrected chi connectivity index (χ3v) is 3.79. The van der Waals surface area contributed by atoms with Crippen molar-refractivity contribution in [2.45, 2.75) is 27.7 Å². The van der Waals surface area contributed by atoms with E-state index < -0.39 is 0 Å². The molecule has 0 saturated carbocycles.